The second-order valence-electron chi connectivity index (χ2n) is 5.08. The topological polar surface area (TPSA) is 80.8 Å². The lowest BCUT2D eigenvalue weighted by molar-refractivity contribution is 0.0525. The highest BCUT2D eigenvalue weighted by atomic mass is 32.2. The molecule has 0 saturated heterocycles. The van der Waals surface area contributed by atoms with Crippen LogP contribution in [0.4, 0.5) is 4.39 Å². The average Bonchev–Trinajstić information content (AvgIpc) is 2.73. The van der Waals surface area contributed by atoms with Crippen molar-refractivity contribution in [3.05, 3.63) is 48.0 Å². The molecule has 1 aliphatic rings. The Hall–Kier alpha value is -2.06. The zero-order chi connectivity index (χ0) is 17.2. The van der Waals surface area contributed by atoms with Gasteiger partial charge in [-0.2, -0.15) is 8.42 Å². The number of hydrogen-bond donors (Lipinski definition) is 0. The fourth-order valence-electron chi connectivity index (χ4n) is 2.38. The summed E-state index contributed by atoms with van der Waals surface area (Å²) in [6, 6.07) is 5.03. The maximum atomic E-state index is 14.4. The third-order valence-electron chi connectivity index (χ3n) is 3.43. The van der Waals surface area contributed by atoms with Crippen LogP contribution >= 0.6 is 0 Å². The fourth-order valence-corrected chi connectivity index (χ4v) is 2.78. The van der Waals surface area contributed by atoms with Gasteiger partial charge in [0.15, 0.2) is 0 Å². The molecule has 0 aliphatic carbocycles. The van der Waals surface area contributed by atoms with Crippen LogP contribution in [0.1, 0.15) is 27.1 Å². The number of hydrogen-bond acceptors (Lipinski definition) is 5. The zero-order valence-electron chi connectivity index (χ0n) is 12.4. The van der Waals surface area contributed by atoms with Gasteiger partial charge in [-0.3, -0.25) is 18.7 Å². The number of fused-ring (bicyclic) bond motifs is 1. The van der Waals surface area contributed by atoms with Crippen molar-refractivity contribution < 1.29 is 26.6 Å². The van der Waals surface area contributed by atoms with Gasteiger partial charge >= 0.3 is 0 Å². The van der Waals surface area contributed by atoms with Gasteiger partial charge in [0.25, 0.3) is 21.9 Å². The molecule has 124 valence electrons. The van der Waals surface area contributed by atoms with Crippen LogP contribution in [0.25, 0.3) is 0 Å². The molecular formula is C15H16FNO5S. The minimum Gasteiger partial charge on any atom is -0.270 e. The van der Waals surface area contributed by atoms with E-state index in [1.807, 2.05) is 0 Å². The summed E-state index contributed by atoms with van der Waals surface area (Å²) in [6.45, 7) is 3.09. The molecule has 0 spiro atoms. The van der Waals surface area contributed by atoms with Crippen molar-refractivity contribution in [1.82, 2.24) is 4.90 Å². The number of rotatable bonds is 7. The van der Waals surface area contributed by atoms with Gasteiger partial charge in [0.1, 0.15) is 6.17 Å². The Morgan fingerprint density at radius 2 is 1.78 bits per heavy atom. The van der Waals surface area contributed by atoms with E-state index in [1.165, 1.54) is 12.1 Å². The molecule has 2 amide bonds. The maximum Gasteiger partial charge on any atom is 0.264 e. The van der Waals surface area contributed by atoms with Crippen LogP contribution in [0, 0.1) is 0 Å². The lowest BCUT2D eigenvalue weighted by atomic mass is 10.1. The average molecular weight is 341 g/mol. The van der Waals surface area contributed by atoms with E-state index in [9.17, 15) is 22.4 Å². The van der Waals surface area contributed by atoms with Gasteiger partial charge in [-0.05, 0) is 12.1 Å². The van der Waals surface area contributed by atoms with Crippen LogP contribution in [0.3, 0.4) is 0 Å². The van der Waals surface area contributed by atoms with Crippen LogP contribution in [0.15, 0.2) is 36.9 Å². The van der Waals surface area contributed by atoms with Gasteiger partial charge in [0.2, 0.25) is 0 Å². The Kier molecular flexibility index (Phi) is 4.96. The van der Waals surface area contributed by atoms with Gasteiger partial charge in [-0.25, -0.2) is 4.39 Å². The Labute approximate surface area is 133 Å². The largest absolute Gasteiger partial charge is 0.270 e. The smallest absolute Gasteiger partial charge is 0.264 e. The molecule has 0 saturated carbocycles. The highest BCUT2D eigenvalue weighted by molar-refractivity contribution is 7.85. The summed E-state index contributed by atoms with van der Waals surface area (Å²) in [4.78, 5) is 25.4. The normalized spacial score (nSPS) is 17.0. The molecule has 6 nitrogen and oxygen atoms in total. The minimum atomic E-state index is -3.68. The molecule has 2 unspecified atom stereocenters. The SMILES string of the molecule is C=CC(C(F)CCOS(C)(=O)=O)N1C(=O)c2ccccc2C1=O. The summed E-state index contributed by atoms with van der Waals surface area (Å²) in [5, 5.41) is 0. The Balaban J connectivity index is 2.14. The molecule has 23 heavy (non-hydrogen) atoms. The van der Waals surface area contributed by atoms with E-state index in [-0.39, 0.29) is 24.2 Å². The quantitative estimate of drug-likeness (QED) is 0.427. The first-order valence-corrected chi connectivity index (χ1v) is 8.66. The van der Waals surface area contributed by atoms with Crippen LogP contribution < -0.4 is 0 Å². The van der Waals surface area contributed by atoms with Crippen molar-refractivity contribution in [3.63, 3.8) is 0 Å². The summed E-state index contributed by atoms with van der Waals surface area (Å²) in [7, 11) is -3.68. The standard InChI is InChI=1S/C15H16FNO5S/c1-3-13(12(16)8-9-22-23(2,20)21)17-14(18)10-6-4-5-7-11(10)15(17)19/h3-7,12-13H,1,8-9H2,2H3. The molecule has 0 radical (unpaired) electrons. The predicted molar refractivity (Wildman–Crippen MR) is 81.2 cm³/mol. The third kappa shape index (κ3) is 3.65. The summed E-state index contributed by atoms with van der Waals surface area (Å²) >= 11 is 0. The summed E-state index contributed by atoms with van der Waals surface area (Å²) < 4.78 is 40.6. The molecular weight excluding hydrogens is 325 g/mol. The monoisotopic (exact) mass is 341 g/mol. The van der Waals surface area contributed by atoms with Crippen molar-refractivity contribution >= 4 is 21.9 Å². The highest BCUT2D eigenvalue weighted by Gasteiger charge is 2.41. The van der Waals surface area contributed by atoms with E-state index < -0.39 is 34.1 Å². The van der Waals surface area contributed by atoms with Gasteiger partial charge in [0.05, 0.1) is 30.0 Å². The van der Waals surface area contributed by atoms with E-state index in [0.29, 0.717) is 0 Å². The van der Waals surface area contributed by atoms with E-state index in [0.717, 1.165) is 17.2 Å². The van der Waals surface area contributed by atoms with Gasteiger partial charge in [-0.1, -0.05) is 18.2 Å². The first-order valence-electron chi connectivity index (χ1n) is 6.84. The van der Waals surface area contributed by atoms with Crippen molar-refractivity contribution in [1.29, 1.82) is 0 Å². The summed E-state index contributed by atoms with van der Waals surface area (Å²) in [5.41, 5.74) is 0.424. The molecule has 8 heteroatoms. The van der Waals surface area contributed by atoms with Crippen molar-refractivity contribution in [2.45, 2.75) is 18.6 Å². The molecule has 2 atom stereocenters. The molecule has 0 bridgehead atoms. The van der Waals surface area contributed by atoms with Crippen molar-refractivity contribution in [2.24, 2.45) is 0 Å². The number of nitrogens with zero attached hydrogens (tertiary/aromatic N) is 1. The Bertz CT molecular complexity index is 711. The molecule has 1 aromatic carbocycles. The lowest BCUT2D eigenvalue weighted by Crippen LogP contribution is -2.44. The molecule has 2 rings (SSSR count). The van der Waals surface area contributed by atoms with Gasteiger partial charge in [-0.15, -0.1) is 6.58 Å². The highest BCUT2D eigenvalue weighted by Crippen LogP contribution is 2.27. The molecule has 1 aromatic rings. The summed E-state index contributed by atoms with van der Waals surface area (Å²) in [5.74, 6) is -1.19. The second kappa shape index (κ2) is 6.59. The van der Waals surface area contributed by atoms with Crippen LogP contribution in [-0.4, -0.2) is 50.2 Å². The van der Waals surface area contributed by atoms with E-state index in [4.69, 9.17) is 0 Å². The molecule has 1 heterocycles. The minimum absolute atomic E-state index is 0.212. The predicted octanol–water partition coefficient (Wildman–Crippen LogP) is 1.54. The van der Waals surface area contributed by atoms with Crippen LogP contribution in [0.2, 0.25) is 0 Å². The number of carbonyl (C=O) groups excluding carboxylic acids is 2. The molecule has 1 aliphatic heterocycles. The third-order valence-corrected chi connectivity index (χ3v) is 4.02. The number of imide groups is 1. The number of carbonyl (C=O) groups is 2. The first-order chi connectivity index (χ1) is 10.8. The Morgan fingerprint density at radius 1 is 1.26 bits per heavy atom. The number of halogens is 1. The molecule has 0 fully saturated rings. The van der Waals surface area contributed by atoms with E-state index in [2.05, 4.69) is 10.8 Å². The van der Waals surface area contributed by atoms with Crippen LogP contribution in [0.5, 0.6) is 0 Å². The van der Waals surface area contributed by atoms with Crippen LogP contribution in [-0.2, 0) is 14.3 Å². The maximum absolute atomic E-state index is 14.4. The van der Waals surface area contributed by atoms with Gasteiger partial charge < -0.3 is 0 Å². The van der Waals surface area contributed by atoms with Crippen molar-refractivity contribution in [3.8, 4) is 0 Å². The van der Waals surface area contributed by atoms with E-state index >= 15 is 0 Å². The molecule has 0 aromatic heterocycles. The fraction of sp³-hybridized carbons (Fsp3) is 0.333. The zero-order valence-corrected chi connectivity index (χ0v) is 13.3. The number of alkyl halides is 1. The molecule has 0 N–H and O–H groups in total. The van der Waals surface area contributed by atoms with Gasteiger partial charge in [0, 0.05) is 6.42 Å². The number of benzene rings is 1. The van der Waals surface area contributed by atoms with Crippen molar-refractivity contribution in [2.75, 3.05) is 12.9 Å². The first kappa shape index (κ1) is 17.3. The Morgan fingerprint density at radius 3 is 2.22 bits per heavy atom. The second-order valence-corrected chi connectivity index (χ2v) is 6.73. The lowest BCUT2D eigenvalue weighted by Gasteiger charge is -2.26. The summed E-state index contributed by atoms with van der Waals surface area (Å²) in [6.07, 6.45) is 0.0377. The van der Waals surface area contributed by atoms with E-state index in [1.54, 1.807) is 12.1 Å². The number of amides is 2.